The van der Waals surface area contributed by atoms with Gasteiger partial charge in [-0.3, -0.25) is 4.90 Å². The average molecular weight is 453 g/mol. The van der Waals surface area contributed by atoms with Crippen molar-refractivity contribution in [1.82, 2.24) is 15.2 Å². The monoisotopic (exact) mass is 452 g/mol. The van der Waals surface area contributed by atoms with Gasteiger partial charge in [0, 0.05) is 16.8 Å². The highest BCUT2D eigenvalue weighted by atomic mass is 32.2. The molecule has 0 bridgehead atoms. The van der Waals surface area contributed by atoms with Crippen molar-refractivity contribution in [3.63, 3.8) is 0 Å². The van der Waals surface area contributed by atoms with Crippen LogP contribution in [0.5, 0.6) is 5.75 Å². The summed E-state index contributed by atoms with van der Waals surface area (Å²) >= 11 is 1.65. The molecule has 2 heterocycles. The molecule has 2 amide bonds. The van der Waals surface area contributed by atoms with Crippen LogP contribution in [-0.2, 0) is 0 Å². The van der Waals surface area contributed by atoms with Gasteiger partial charge in [-0.15, -0.1) is 11.8 Å². The fourth-order valence-electron chi connectivity index (χ4n) is 3.73. The Kier molecular flexibility index (Phi) is 7.34. The summed E-state index contributed by atoms with van der Waals surface area (Å²) in [5, 5.41) is 15.8. The predicted molar refractivity (Wildman–Crippen MR) is 128 cm³/mol. The van der Waals surface area contributed by atoms with Crippen LogP contribution >= 0.6 is 11.8 Å². The van der Waals surface area contributed by atoms with Crippen LogP contribution in [0.3, 0.4) is 0 Å². The molecule has 0 saturated carbocycles. The van der Waals surface area contributed by atoms with E-state index < -0.39 is 0 Å². The van der Waals surface area contributed by atoms with Gasteiger partial charge in [0.15, 0.2) is 5.76 Å². The van der Waals surface area contributed by atoms with Gasteiger partial charge in [0.05, 0.1) is 12.9 Å². The Bertz CT molecular complexity index is 1030. The van der Waals surface area contributed by atoms with E-state index in [9.17, 15) is 9.90 Å². The first-order valence-corrected chi connectivity index (χ1v) is 11.9. The van der Waals surface area contributed by atoms with Crippen molar-refractivity contribution in [1.29, 1.82) is 0 Å². The fraction of sp³-hybridized carbons (Fsp3) is 0.333. The number of phenols is 1. The Morgan fingerprint density at radius 3 is 2.66 bits per heavy atom. The van der Waals surface area contributed by atoms with Crippen molar-refractivity contribution in [2.75, 3.05) is 30.8 Å². The number of carbonyl (C=O) groups excluding carboxylic acids is 1. The molecule has 3 N–H and O–H groups in total. The molecule has 1 aromatic heterocycles. The molecule has 3 aromatic rings. The molecule has 0 aliphatic carbocycles. The largest absolute Gasteiger partial charge is 0.508 e. The summed E-state index contributed by atoms with van der Waals surface area (Å²) in [7, 11) is 0. The number of likely N-dealkylation sites (tertiary alicyclic amines) is 1. The van der Waals surface area contributed by atoms with E-state index in [1.165, 1.54) is 12.8 Å². The molecule has 0 radical (unpaired) electrons. The Morgan fingerprint density at radius 2 is 1.94 bits per heavy atom. The minimum absolute atomic E-state index is 0.185. The number of amides is 2. The molecule has 1 fully saturated rings. The molecule has 2 aromatic carbocycles. The first kappa shape index (κ1) is 22.2. The van der Waals surface area contributed by atoms with Crippen molar-refractivity contribution in [2.45, 2.75) is 25.0 Å². The van der Waals surface area contributed by atoms with E-state index in [0.29, 0.717) is 24.0 Å². The maximum atomic E-state index is 12.1. The van der Waals surface area contributed by atoms with Crippen molar-refractivity contribution < 1.29 is 14.3 Å². The number of rotatable bonds is 8. The Labute approximate surface area is 192 Å². The standard InChI is InChI=1S/C24H28N4O3S/c1-2-32-22(19-7-3-4-8-20(19)29)23-25-15-21(31-23)17-9-11-18(12-10-17)27-24(30)26-16-28-13-5-6-14-28/h3-4,7-12,15,22,29H,2,5-6,13-14,16H2,1H3,(H2,26,27,30). The number of carbonyl (C=O) groups is 1. The van der Waals surface area contributed by atoms with Crippen LogP contribution in [0.25, 0.3) is 11.3 Å². The van der Waals surface area contributed by atoms with Crippen LogP contribution in [0, 0.1) is 0 Å². The summed E-state index contributed by atoms with van der Waals surface area (Å²) in [6.07, 6.45) is 4.08. The van der Waals surface area contributed by atoms with Gasteiger partial charge in [-0.2, -0.15) is 0 Å². The molecule has 168 valence electrons. The number of urea groups is 1. The third-order valence-electron chi connectivity index (χ3n) is 5.39. The highest BCUT2D eigenvalue weighted by Crippen LogP contribution is 2.40. The number of oxazole rings is 1. The summed E-state index contributed by atoms with van der Waals surface area (Å²) in [4.78, 5) is 18.8. The number of anilines is 1. The molecular formula is C24H28N4O3S. The number of benzene rings is 2. The van der Waals surface area contributed by atoms with E-state index in [2.05, 4.69) is 27.4 Å². The van der Waals surface area contributed by atoms with Crippen LogP contribution in [-0.4, -0.2) is 46.5 Å². The summed E-state index contributed by atoms with van der Waals surface area (Å²) in [5.74, 6) is 2.28. The summed E-state index contributed by atoms with van der Waals surface area (Å²) in [6, 6.07) is 14.5. The number of aromatic hydroxyl groups is 1. The maximum absolute atomic E-state index is 12.1. The van der Waals surface area contributed by atoms with Crippen LogP contribution in [0.4, 0.5) is 10.5 Å². The molecule has 8 heteroatoms. The van der Waals surface area contributed by atoms with Gasteiger partial charge in [-0.1, -0.05) is 25.1 Å². The third-order valence-corrected chi connectivity index (χ3v) is 6.51. The van der Waals surface area contributed by atoms with Crippen LogP contribution < -0.4 is 10.6 Å². The summed E-state index contributed by atoms with van der Waals surface area (Å²) < 4.78 is 6.06. The van der Waals surface area contributed by atoms with Gasteiger partial charge in [0.1, 0.15) is 11.0 Å². The molecule has 32 heavy (non-hydrogen) atoms. The Morgan fingerprint density at radius 1 is 1.19 bits per heavy atom. The first-order valence-electron chi connectivity index (χ1n) is 10.9. The normalized spacial score (nSPS) is 14.9. The molecule has 1 atom stereocenters. The SMILES string of the molecule is CCSC(c1ncc(-c2ccc(NC(=O)NCN3CCCC3)cc2)o1)c1ccccc1O. The number of thioether (sulfide) groups is 1. The number of hydrogen-bond donors (Lipinski definition) is 3. The molecule has 7 nitrogen and oxygen atoms in total. The number of nitrogens with zero attached hydrogens (tertiary/aromatic N) is 2. The second kappa shape index (κ2) is 10.6. The Balaban J connectivity index is 1.41. The smallest absolute Gasteiger partial charge is 0.320 e. The summed E-state index contributed by atoms with van der Waals surface area (Å²) in [5.41, 5.74) is 2.36. The van der Waals surface area contributed by atoms with Crippen molar-refractivity contribution in [3.8, 4) is 17.1 Å². The van der Waals surface area contributed by atoms with Crippen LogP contribution in [0.15, 0.2) is 59.1 Å². The lowest BCUT2D eigenvalue weighted by atomic mass is 10.1. The van der Waals surface area contributed by atoms with Crippen LogP contribution in [0.2, 0.25) is 0 Å². The topological polar surface area (TPSA) is 90.6 Å². The molecule has 1 unspecified atom stereocenters. The minimum Gasteiger partial charge on any atom is -0.508 e. The second-order valence-electron chi connectivity index (χ2n) is 7.65. The second-order valence-corrected chi connectivity index (χ2v) is 9.03. The number of phenolic OH excluding ortho intramolecular Hbond substituents is 1. The lowest BCUT2D eigenvalue weighted by Gasteiger charge is -2.15. The molecule has 1 aliphatic heterocycles. The highest BCUT2D eigenvalue weighted by molar-refractivity contribution is 7.99. The van der Waals surface area contributed by atoms with Crippen LogP contribution in [0.1, 0.15) is 36.5 Å². The van der Waals surface area contributed by atoms with Crippen molar-refractivity contribution in [2.24, 2.45) is 0 Å². The number of aromatic nitrogens is 1. The minimum atomic E-state index is -0.214. The highest BCUT2D eigenvalue weighted by Gasteiger charge is 2.23. The summed E-state index contributed by atoms with van der Waals surface area (Å²) in [6.45, 7) is 4.71. The van der Waals surface area contributed by atoms with Gasteiger partial charge in [0.2, 0.25) is 5.89 Å². The van der Waals surface area contributed by atoms with Crippen molar-refractivity contribution >= 4 is 23.5 Å². The Hall–Kier alpha value is -2.97. The zero-order valence-corrected chi connectivity index (χ0v) is 18.9. The van der Waals surface area contributed by atoms with E-state index >= 15 is 0 Å². The van der Waals surface area contributed by atoms with E-state index in [-0.39, 0.29) is 17.0 Å². The number of nitrogens with one attached hydrogen (secondary N) is 2. The maximum Gasteiger partial charge on any atom is 0.320 e. The molecule has 0 spiro atoms. The fourth-order valence-corrected chi connectivity index (χ4v) is 4.69. The van der Waals surface area contributed by atoms with E-state index in [1.54, 1.807) is 30.1 Å². The van der Waals surface area contributed by atoms with E-state index in [0.717, 1.165) is 30.0 Å². The lowest BCUT2D eigenvalue weighted by Crippen LogP contribution is -2.38. The zero-order chi connectivity index (χ0) is 22.3. The van der Waals surface area contributed by atoms with E-state index in [1.807, 2.05) is 36.4 Å². The first-order chi connectivity index (χ1) is 15.6. The number of hydrogen-bond acceptors (Lipinski definition) is 6. The van der Waals surface area contributed by atoms with Crippen molar-refractivity contribution in [3.05, 3.63) is 66.2 Å². The zero-order valence-electron chi connectivity index (χ0n) is 18.1. The van der Waals surface area contributed by atoms with E-state index in [4.69, 9.17) is 4.42 Å². The molecule has 1 saturated heterocycles. The van der Waals surface area contributed by atoms with Gasteiger partial charge >= 0.3 is 6.03 Å². The van der Waals surface area contributed by atoms with Gasteiger partial charge in [-0.25, -0.2) is 9.78 Å². The van der Waals surface area contributed by atoms with Gasteiger partial charge in [-0.05, 0) is 62.0 Å². The molecular weight excluding hydrogens is 424 g/mol. The van der Waals surface area contributed by atoms with Gasteiger partial charge < -0.3 is 20.2 Å². The number of para-hydroxylation sites is 1. The molecule has 4 rings (SSSR count). The lowest BCUT2D eigenvalue weighted by molar-refractivity contribution is 0.241. The third kappa shape index (κ3) is 5.44. The quantitative estimate of drug-likeness (QED) is 0.442. The predicted octanol–water partition coefficient (Wildman–Crippen LogP) is 5.06. The van der Waals surface area contributed by atoms with Gasteiger partial charge in [0.25, 0.3) is 0 Å². The molecule has 1 aliphatic rings. The average Bonchev–Trinajstić information content (AvgIpc) is 3.50.